The van der Waals surface area contributed by atoms with E-state index < -0.39 is 4.92 Å². The fraction of sp³-hybridized carbons (Fsp3) is 0.0435. The van der Waals surface area contributed by atoms with Crippen molar-refractivity contribution in [3.05, 3.63) is 99.7 Å². The van der Waals surface area contributed by atoms with Crippen molar-refractivity contribution in [3.8, 4) is 11.3 Å². The largest absolute Gasteiger partial charge is 0.269 e. The number of anilines is 1. The van der Waals surface area contributed by atoms with Gasteiger partial charge in [-0.2, -0.15) is 5.10 Å². The molecule has 2 aromatic heterocycles. The van der Waals surface area contributed by atoms with Gasteiger partial charge in [0, 0.05) is 28.6 Å². The monoisotopic (exact) mass is 473 g/mol. The summed E-state index contributed by atoms with van der Waals surface area (Å²) in [6.07, 6.45) is 0. The highest BCUT2D eigenvalue weighted by molar-refractivity contribution is 7.14. The van der Waals surface area contributed by atoms with E-state index in [9.17, 15) is 14.5 Å². The van der Waals surface area contributed by atoms with Crippen LogP contribution in [-0.4, -0.2) is 30.6 Å². The Kier molecular flexibility index (Phi) is 5.75. The summed E-state index contributed by atoms with van der Waals surface area (Å²) in [5, 5.41) is 26.4. The molecule has 0 aliphatic heterocycles. The maximum Gasteiger partial charge on any atom is 0.269 e. The van der Waals surface area contributed by atoms with Crippen molar-refractivity contribution >= 4 is 38.9 Å². The van der Waals surface area contributed by atoms with Gasteiger partial charge in [0.1, 0.15) is 11.3 Å². The van der Waals surface area contributed by atoms with Crippen LogP contribution in [0.5, 0.6) is 0 Å². The summed E-state index contributed by atoms with van der Waals surface area (Å²) in [6.45, 7) is 0.279. The second kappa shape index (κ2) is 9.16. The number of rotatable bonds is 7. The number of nitro benzene ring substituents is 1. The van der Waals surface area contributed by atoms with Gasteiger partial charge in [-0.25, -0.2) is 14.1 Å². The van der Waals surface area contributed by atoms with Crippen LogP contribution in [-0.2, 0) is 6.54 Å². The molecule has 0 amide bonds. The molecule has 1 N–H and O–H groups in total. The van der Waals surface area contributed by atoms with Crippen LogP contribution in [0.25, 0.3) is 22.3 Å². The van der Waals surface area contributed by atoms with E-state index >= 15 is 0 Å². The second-order valence-corrected chi connectivity index (χ2v) is 8.11. The number of halogens is 1. The van der Waals surface area contributed by atoms with Crippen LogP contribution in [0.3, 0.4) is 0 Å². The van der Waals surface area contributed by atoms with Gasteiger partial charge in [-0.1, -0.05) is 17.3 Å². The van der Waals surface area contributed by atoms with Gasteiger partial charge in [0.05, 0.1) is 28.4 Å². The molecule has 0 fully saturated rings. The van der Waals surface area contributed by atoms with Gasteiger partial charge in [-0.05, 0) is 48.5 Å². The molecule has 3 aromatic carbocycles. The van der Waals surface area contributed by atoms with Gasteiger partial charge in [0.25, 0.3) is 5.69 Å². The van der Waals surface area contributed by atoms with Crippen LogP contribution in [0.4, 0.5) is 15.2 Å². The van der Waals surface area contributed by atoms with Crippen LogP contribution >= 0.6 is 11.3 Å². The van der Waals surface area contributed by atoms with E-state index in [1.165, 1.54) is 35.6 Å². The molecular weight excluding hydrogens is 457 g/mol. The smallest absolute Gasteiger partial charge is 0.258 e. The lowest BCUT2D eigenvalue weighted by Gasteiger charge is -2.08. The number of non-ortho nitro benzene ring substituents is 1. The topological polar surface area (TPSA) is 111 Å². The van der Waals surface area contributed by atoms with Crippen LogP contribution in [0.1, 0.15) is 5.56 Å². The Balaban J connectivity index is 1.45. The van der Waals surface area contributed by atoms with Gasteiger partial charge < -0.3 is 0 Å². The van der Waals surface area contributed by atoms with Crippen LogP contribution in [0, 0.1) is 15.9 Å². The molecule has 0 bridgehead atoms. The molecule has 2 heterocycles. The van der Waals surface area contributed by atoms with Gasteiger partial charge in [0.15, 0.2) is 0 Å². The molecule has 168 valence electrons. The summed E-state index contributed by atoms with van der Waals surface area (Å²) in [5.41, 5.74) is 7.31. The molecule has 34 heavy (non-hydrogen) atoms. The minimum absolute atomic E-state index is 0.00821. The predicted octanol–water partition coefficient (Wildman–Crippen LogP) is 5.12. The number of nitrogens with one attached hydrogen (secondary N) is 1. The first-order valence-electron chi connectivity index (χ1n) is 10.1. The maximum atomic E-state index is 13.2. The molecule has 11 heteroatoms. The summed E-state index contributed by atoms with van der Waals surface area (Å²) >= 11 is 1.36. The number of benzene rings is 3. The fourth-order valence-corrected chi connectivity index (χ4v) is 4.00. The number of nitro groups is 1. The molecule has 0 saturated heterocycles. The first-order chi connectivity index (χ1) is 16.6. The zero-order chi connectivity index (χ0) is 23.5. The molecule has 0 unspecified atom stereocenters. The zero-order valence-corrected chi connectivity index (χ0v) is 18.3. The van der Waals surface area contributed by atoms with Gasteiger partial charge >= 0.3 is 0 Å². The SMILES string of the molecule is O=[N+]([O-])c1ccc(/C(Cn2nnc3ccccc32)=N\Nc2nc(-c3ccc(F)cc3)cs2)cc1. The van der Waals surface area contributed by atoms with Crippen molar-refractivity contribution in [1.29, 1.82) is 0 Å². The van der Waals surface area contributed by atoms with Gasteiger partial charge in [0.2, 0.25) is 5.13 Å². The Hall–Kier alpha value is -4.51. The average Bonchev–Trinajstić information content (AvgIpc) is 3.50. The normalized spacial score (nSPS) is 11.6. The van der Waals surface area contributed by atoms with Crippen molar-refractivity contribution in [2.24, 2.45) is 5.10 Å². The minimum Gasteiger partial charge on any atom is -0.258 e. The predicted molar refractivity (Wildman–Crippen MR) is 128 cm³/mol. The Bertz CT molecular complexity index is 1490. The number of nitrogens with zero attached hydrogens (tertiary/aromatic N) is 6. The quantitative estimate of drug-likeness (QED) is 0.200. The Labute approximate surface area is 196 Å². The lowest BCUT2D eigenvalue weighted by atomic mass is 10.1. The van der Waals surface area contributed by atoms with Gasteiger partial charge in [-0.3, -0.25) is 15.5 Å². The molecule has 0 saturated carbocycles. The molecule has 5 aromatic rings. The number of hydrogen-bond donors (Lipinski definition) is 1. The molecule has 0 radical (unpaired) electrons. The highest BCUT2D eigenvalue weighted by Gasteiger charge is 2.13. The average molecular weight is 473 g/mol. The number of aromatic nitrogens is 4. The highest BCUT2D eigenvalue weighted by Crippen LogP contribution is 2.25. The highest BCUT2D eigenvalue weighted by atomic mass is 32.1. The fourth-order valence-electron chi connectivity index (χ4n) is 3.34. The van der Waals surface area contributed by atoms with Crippen molar-refractivity contribution < 1.29 is 9.31 Å². The van der Waals surface area contributed by atoms with Crippen molar-refractivity contribution in [1.82, 2.24) is 20.0 Å². The number of hydrazone groups is 1. The molecule has 9 nitrogen and oxygen atoms in total. The minimum atomic E-state index is -0.448. The number of thiazole rings is 1. The van der Waals surface area contributed by atoms with Crippen LogP contribution in [0.2, 0.25) is 0 Å². The third-order valence-electron chi connectivity index (χ3n) is 5.06. The molecule has 5 rings (SSSR count). The molecule has 0 spiro atoms. The van der Waals surface area contributed by atoms with Crippen molar-refractivity contribution in [2.75, 3.05) is 5.43 Å². The van der Waals surface area contributed by atoms with Crippen LogP contribution < -0.4 is 5.43 Å². The van der Waals surface area contributed by atoms with E-state index in [1.807, 2.05) is 29.6 Å². The molecule has 0 atom stereocenters. The van der Waals surface area contributed by atoms with E-state index in [2.05, 4.69) is 25.8 Å². The Morgan fingerprint density at radius 3 is 2.62 bits per heavy atom. The van der Waals surface area contributed by atoms with Gasteiger partial charge in [-0.15, -0.1) is 16.4 Å². The summed E-state index contributed by atoms with van der Waals surface area (Å²) in [5.74, 6) is -0.310. The summed E-state index contributed by atoms with van der Waals surface area (Å²) in [6, 6.07) is 19.8. The Morgan fingerprint density at radius 2 is 1.85 bits per heavy atom. The number of hydrogen-bond acceptors (Lipinski definition) is 8. The summed E-state index contributed by atoms with van der Waals surface area (Å²) in [4.78, 5) is 15.1. The van der Waals surface area contributed by atoms with E-state index in [4.69, 9.17) is 0 Å². The zero-order valence-electron chi connectivity index (χ0n) is 17.5. The van der Waals surface area contributed by atoms with Crippen molar-refractivity contribution in [2.45, 2.75) is 6.54 Å². The summed E-state index contributed by atoms with van der Waals surface area (Å²) in [7, 11) is 0. The number of para-hydroxylation sites is 1. The van der Waals surface area contributed by atoms with Crippen molar-refractivity contribution in [3.63, 3.8) is 0 Å². The summed E-state index contributed by atoms with van der Waals surface area (Å²) < 4.78 is 14.9. The lowest BCUT2D eigenvalue weighted by molar-refractivity contribution is -0.384. The third-order valence-corrected chi connectivity index (χ3v) is 5.81. The lowest BCUT2D eigenvalue weighted by Crippen LogP contribution is -2.15. The van der Waals surface area contributed by atoms with E-state index in [1.54, 1.807) is 28.9 Å². The first kappa shape index (κ1) is 21.3. The van der Waals surface area contributed by atoms with E-state index in [-0.39, 0.29) is 18.0 Å². The maximum absolute atomic E-state index is 13.2. The molecule has 0 aliphatic rings. The van der Waals surface area contributed by atoms with E-state index in [0.29, 0.717) is 22.1 Å². The second-order valence-electron chi connectivity index (χ2n) is 7.25. The van der Waals surface area contributed by atoms with Crippen LogP contribution in [0.15, 0.2) is 83.3 Å². The third kappa shape index (κ3) is 4.50. The Morgan fingerprint density at radius 1 is 1.09 bits per heavy atom. The number of fused-ring (bicyclic) bond motifs is 1. The first-order valence-corrected chi connectivity index (χ1v) is 11.0. The van der Waals surface area contributed by atoms with E-state index in [0.717, 1.165) is 16.6 Å². The standard InChI is InChI=1S/C23H16FN7O2S/c24-17-9-5-16(6-10-17)21-14-34-23(25-21)28-26-20(15-7-11-18(12-8-15)31(32)33)13-30-22-4-2-1-3-19(22)27-29-30/h1-12,14H,13H2,(H,25,28)/b26-20-. The molecular formula is C23H16FN7O2S. The molecule has 0 aliphatic carbocycles.